The second kappa shape index (κ2) is 7.17. The summed E-state index contributed by atoms with van der Waals surface area (Å²) < 4.78 is 5.23. The molecule has 186 valence electrons. The Kier molecular flexibility index (Phi) is 4.00. The molecule has 0 unspecified atom stereocenters. The Morgan fingerprint density at radius 2 is 0.872 bits per heavy atom. The van der Waals surface area contributed by atoms with Crippen LogP contribution in [0.5, 0.6) is 5.75 Å². The summed E-state index contributed by atoms with van der Waals surface area (Å²) >= 11 is 0. The quantitative estimate of drug-likeness (QED) is 0.168. The molecular weight excluding hydrogens is 492 g/mol. The molecule has 2 heterocycles. The second-order valence-electron chi connectivity index (χ2n) is 9.96. The van der Waals surface area contributed by atoms with E-state index in [1.165, 1.54) is 11.9 Å². The molecule has 0 fully saturated rings. The Morgan fingerprint density at radius 3 is 1.26 bits per heavy atom. The van der Waals surface area contributed by atoms with Crippen LogP contribution >= 0.6 is 0 Å². The lowest BCUT2D eigenvalue weighted by atomic mass is 9.82. The fourth-order valence-electron chi connectivity index (χ4n) is 6.35. The van der Waals surface area contributed by atoms with Crippen LogP contribution in [0.3, 0.4) is 0 Å². The number of hydrogen-bond donors (Lipinski definition) is 0. The fraction of sp³-hybridized carbons (Fsp3) is 0.0625. The number of imide groups is 2. The number of benzene rings is 6. The highest BCUT2D eigenvalue weighted by Crippen LogP contribution is 2.46. The van der Waals surface area contributed by atoms with Gasteiger partial charge in [-0.15, -0.1) is 0 Å². The van der Waals surface area contributed by atoms with E-state index in [4.69, 9.17) is 4.74 Å². The van der Waals surface area contributed by atoms with Crippen LogP contribution in [0.25, 0.3) is 43.1 Å². The van der Waals surface area contributed by atoms with Crippen LogP contribution in [0.15, 0.2) is 72.8 Å². The maximum absolute atomic E-state index is 13.8. The molecule has 0 saturated heterocycles. The van der Waals surface area contributed by atoms with Gasteiger partial charge in [-0.2, -0.15) is 0 Å². The van der Waals surface area contributed by atoms with Crippen LogP contribution in [-0.2, 0) is 0 Å². The van der Waals surface area contributed by atoms with Crippen molar-refractivity contribution in [1.82, 2.24) is 4.90 Å². The molecule has 0 atom stereocenters. The van der Waals surface area contributed by atoms with Crippen LogP contribution in [0.4, 0.5) is 5.69 Å². The standard InChI is InChI=1S/C32H18N2O5/c1-33-29(35)21-11-7-17-19-9-13-23-28-24(32(38)34(31(23)37)15-3-5-16(39-2)6-4-15)14-10-20(26(19)28)18-8-12-22(30(33)36)27(21)25(17)18/h3-14H,1-2H3. The number of ether oxygens (including phenoxy) is 1. The lowest BCUT2D eigenvalue weighted by molar-refractivity contribution is 0.0650. The lowest BCUT2D eigenvalue weighted by Crippen LogP contribution is -2.40. The Morgan fingerprint density at radius 1 is 0.487 bits per heavy atom. The number of fused-ring (bicyclic) bond motifs is 2. The van der Waals surface area contributed by atoms with Gasteiger partial charge in [0.25, 0.3) is 23.6 Å². The van der Waals surface area contributed by atoms with Crippen molar-refractivity contribution in [1.29, 1.82) is 0 Å². The Labute approximate surface area is 221 Å². The molecule has 4 amide bonds. The van der Waals surface area contributed by atoms with E-state index in [1.54, 1.807) is 55.6 Å². The molecule has 2 aliphatic heterocycles. The number of nitrogens with zero attached hydrogens (tertiary/aromatic N) is 2. The number of methoxy groups -OCH3 is 1. The van der Waals surface area contributed by atoms with Gasteiger partial charge in [0, 0.05) is 40.1 Å². The number of amides is 4. The molecule has 0 N–H and O–H groups in total. The molecule has 7 heteroatoms. The summed E-state index contributed by atoms with van der Waals surface area (Å²) in [6, 6.07) is 21.5. The third-order valence-corrected chi connectivity index (χ3v) is 8.17. The monoisotopic (exact) mass is 510 g/mol. The van der Waals surface area contributed by atoms with Crippen molar-refractivity contribution in [2.24, 2.45) is 0 Å². The van der Waals surface area contributed by atoms with Crippen LogP contribution in [-0.4, -0.2) is 42.7 Å². The van der Waals surface area contributed by atoms with E-state index in [1.807, 2.05) is 24.3 Å². The maximum Gasteiger partial charge on any atom is 0.265 e. The summed E-state index contributed by atoms with van der Waals surface area (Å²) in [6.45, 7) is 0. The van der Waals surface area contributed by atoms with E-state index < -0.39 is 11.8 Å². The van der Waals surface area contributed by atoms with Crippen LogP contribution < -0.4 is 9.64 Å². The van der Waals surface area contributed by atoms with Crippen molar-refractivity contribution in [3.63, 3.8) is 0 Å². The van der Waals surface area contributed by atoms with Crippen molar-refractivity contribution in [2.45, 2.75) is 0 Å². The van der Waals surface area contributed by atoms with E-state index in [0.29, 0.717) is 44.5 Å². The zero-order valence-electron chi connectivity index (χ0n) is 20.9. The third-order valence-electron chi connectivity index (χ3n) is 8.17. The van der Waals surface area contributed by atoms with Crippen molar-refractivity contribution in [2.75, 3.05) is 19.1 Å². The molecule has 0 bridgehead atoms. The van der Waals surface area contributed by atoms with Gasteiger partial charge in [0.2, 0.25) is 0 Å². The first-order valence-electron chi connectivity index (χ1n) is 12.5. The van der Waals surface area contributed by atoms with Gasteiger partial charge in [0.05, 0.1) is 12.8 Å². The minimum absolute atomic E-state index is 0.331. The zero-order chi connectivity index (χ0) is 26.7. The topological polar surface area (TPSA) is 84.0 Å². The van der Waals surface area contributed by atoms with Gasteiger partial charge in [-0.05, 0) is 80.8 Å². The van der Waals surface area contributed by atoms with Gasteiger partial charge in [-0.3, -0.25) is 24.1 Å². The summed E-state index contributed by atoms with van der Waals surface area (Å²) in [6.07, 6.45) is 0. The minimum atomic E-state index is -0.392. The zero-order valence-corrected chi connectivity index (χ0v) is 20.9. The van der Waals surface area contributed by atoms with E-state index in [9.17, 15) is 19.2 Å². The van der Waals surface area contributed by atoms with E-state index in [2.05, 4.69) is 0 Å². The summed E-state index contributed by atoms with van der Waals surface area (Å²) in [7, 11) is 3.05. The first-order valence-corrected chi connectivity index (χ1v) is 12.5. The largest absolute Gasteiger partial charge is 0.497 e. The summed E-state index contributed by atoms with van der Waals surface area (Å²) in [5.74, 6) is -0.819. The summed E-state index contributed by atoms with van der Waals surface area (Å²) in [5, 5.41) is 6.38. The van der Waals surface area contributed by atoms with Crippen molar-refractivity contribution in [3.8, 4) is 5.75 Å². The molecule has 6 aromatic carbocycles. The molecule has 0 aromatic heterocycles. The average molecular weight is 511 g/mol. The van der Waals surface area contributed by atoms with Crippen molar-refractivity contribution in [3.05, 3.63) is 95.1 Å². The summed E-state index contributed by atoms with van der Waals surface area (Å²) in [5.41, 5.74) is 2.34. The molecule has 2 aliphatic rings. The van der Waals surface area contributed by atoms with E-state index in [0.717, 1.165) is 37.2 Å². The predicted molar refractivity (Wildman–Crippen MR) is 148 cm³/mol. The highest BCUT2D eigenvalue weighted by molar-refractivity contribution is 6.43. The number of carbonyl (C=O) groups excluding carboxylic acids is 4. The SMILES string of the molecule is COc1ccc(N2C(=O)c3ccc4c5ccc6c7c(ccc(c8ccc(c3c48)C2=O)c75)C(=O)N(C)C6=O)cc1. The van der Waals surface area contributed by atoms with E-state index in [-0.39, 0.29) is 11.8 Å². The molecular formula is C32H18N2O5. The fourth-order valence-corrected chi connectivity index (χ4v) is 6.35. The Hall–Kier alpha value is -5.30. The average Bonchev–Trinajstić information content (AvgIpc) is 2.97. The molecule has 0 aliphatic carbocycles. The van der Waals surface area contributed by atoms with Crippen molar-refractivity contribution >= 4 is 72.4 Å². The molecule has 8 rings (SSSR count). The summed E-state index contributed by atoms with van der Waals surface area (Å²) in [4.78, 5) is 55.9. The van der Waals surface area contributed by atoms with Crippen LogP contribution in [0.1, 0.15) is 41.4 Å². The Bertz CT molecular complexity index is 2030. The predicted octanol–water partition coefficient (Wildman–Crippen LogP) is 5.77. The normalized spacial score (nSPS) is 15.0. The van der Waals surface area contributed by atoms with Gasteiger partial charge in [-0.1, -0.05) is 24.3 Å². The number of anilines is 1. The van der Waals surface area contributed by atoms with Gasteiger partial charge in [0.15, 0.2) is 0 Å². The van der Waals surface area contributed by atoms with E-state index >= 15 is 0 Å². The van der Waals surface area contributed by atoms with Gasteiger partial charge < -0.3 is 4.74 Å². The maximum atomic E-state index is 13.8. The minimum Gasteiger partial charge on any atom is -0.497 e. The molecule has 0 radical (unpaired) electrons. The van der Waals surface area contributed by atoms with Gasteiger partial charge in [0.1, 0.15) is 5.75 Å². The molecule has 0 saturated carbocycles. The highest BCUT2D eigenvalue weighted by atomic mass is 16.5. The number of rotatable bonds is 2. The first-order chi connectivity index (χ1) is 18.9. The molecule has 6 aromatic rings. The Balaban J connectivity index is 1.46. The van der Waals surface area contributed by atoms with Gasteiger partial charge >= 0.3 is 0 Å². The third kappa shape index (κ3) is 2.51. The smallest absolute Gasteiger partial charge is 0.265 e. The first kappa shape index (κ1) is 21.8. The van der Waals surface area contributed by atoms with Crippen LogP contribution in [0.2, 0.25) is 0 Å². The highest BCUT2D eigenvalue weighted by Gasteiger charge is 2.36. The number of hydrogen-bond acceptors (Lipinski definition) is 5. The molecule has 39 heavy (non-hydrogen) atoms. The molecule has 7 nitrogen and oxygen atoms in total. The van der Waals surface area contributed by atoms with Crippen molar-refractivity contribution < 1.29 is 23.9 Å². The second-order valence-corrected chi connectivity index (χ2v) is 9.96. The van der Waals surface area contributed by atoms with Gasteiger partial charge in [-0.25, -0.2) is 4.90 Å². The van der Waals surface area contributed by atoms with Crippen LogP contribution in [0, 0.1) is 0 Å². The lowest BCUT2D eigenvalue weighted by Gasteiger charge is -2.29. The molecule has 0 spiro atoms. The number of carbonyl (C=O) groups is 4.